The maximum absolute atomic E-state index is 5.01. The molecule has 3 saturated heterocycles. The fraction of sp³-hybridized carbons (Fsp3) is 1.00. The van der Waals surface area contributed by atoms with Crippen LogP contribution in [-0.2, 0) is 14.2 Å². The van der Waals surface area contributed by atoms with E-state index in [-0.39, 0.29) is 14.1 Å². The van der Waals surface area contributed by atoms with Crippen LogP contribution in [0.4, 0.5) is 14.1 Å². The van der Waals surface area contributed by atoms with Crippen molar-refractivity contribution in [3.8, 4) is 0 Å². The van der Waals surface area contributed by atoms with E-state index >= 15 is 0 Å². The summed E-state index contributed by atoms with van der Waals surface area (Å²) in [7, 11) is 5.21. The molecule has 3 aliphatic rings. The number of rotatable bonds is 6. The molecule has 186 valence electrons. The van der Waals surface area contributed by atoms with E-state index in [1.165, 1.54) is 38.5 Å². The zero-order valence-electron chi connectivity index (χ0n) is 18.4. The fourth-order valence-corrected chi connectivity index (χ4v) is 4.52. The summed E-state index contributed by atoms with van der Waals surface area (Å²) in [5, 5.41) is 0. The van der Waals surface area contributed by atoms with Crippen LogP contribution >= 0.6 is 38.4 Å². The van der Waals surface area contributed by atoms with E-state index < -0.39 is 0 Å². The predicted octanol–water partition coefficient (Wildman–Crippen LogP) is 3.28. The van der Waals surface area contributed by atoms with Crippen LogP contribution in [0.2, 0.25) is 0 Å². The van der Waals surface area contributed by atoms with Crippen molar-refractivity contribution in [2.75, 3.05) is 60.8 Å². The van der Waals surface area contributed by atoms with Crippen LogP contribution < -0.4 is 0 Å². The Hall–Kier alpha value is 0.600. The molecular formula is C18H42F3N3O3S3. The van der Waals surface area contributed by atoms with Crippen LogP contribution in [0.5, 0.6) is 0 Å². The Labute approximate surface area is 197 Å². The number of hydrogen-bond acceptors (Lipinski definition) is 9. The average Bonchev–Trinajstić information content (AvgIpc) is 3.35. The number of nitrogens with zero attached hydrogens (tertiary/aromatic N) is 3. The Bertz CT molecular complexity index is 334. The quantitative estimate of drug-likeness (QED) is 0.485. The maximum atomic E-state index is 5.01. The zero-order chi connectivity index (χ0) is 20.1. The summed E-state index contributed by atoms with van der Waals surface area (Å²) in [6, 6.07) is 1.66. The van der Waals surface area contributed by atoms with Crippen molar-refractivity contribution in [3.63, 3.8) is 0 Å². The minimum Gasteiger partial charge on any atom is -0.383 e. The first-order valence-corrected chi connectivity index (χ1v) is 11.1. The normalized spacial score (nSPS) is 26.4. The molecule has 30 heavy (non-hydrogen) atoms. The molecule has 3 rings (SSSR count). The molecule has 3 aliphatic heterocycles. The van der Waals surface area contributed by atoms with E-state index in [9.17, 15) is 0 Å². The molecule has 12 heteroatoms. The first kappa shape index (κ1) is 35.2. The van der Waals surface area contributed by atoms with E-state index in [0.29, 0.717) is 18.1 Å². The van der Waals surface area contributed by atoms with Crippen molar-refractivity contribution in [2.45, 2.75) is 56.7 Å². The smallest absolute Gasteiger partial charge is 0.0627 e. The van der Waals surface area contributed by atoms with Crippen molar-refractivity contribution in [1.29, 1.82) is 0 Å². The number of ether oxygens (including phenoxy) is 3. The Kier molecular flexibility index (Phi) is 25.2. The Morgan fingerprint density at radius 3 is 0.933 bits per heavy atom. The van der Waals surface area contributed by atoms with Crippen LogP contribution in [0.15, 0.2) is 0 Å². The summed E-state index contributed by atoms with van der Waals surface area (Å²) in [4.78, 5) is 0. The van der Waals surface area contributed by atoms with Gasteiger partial charge in [-0.1, -0.05) is 38.4 Å². The summed E-state index contributed by atoms with van der Waals surface area (Å²) < 4.78 is 21.2. The molecule has 0 bridgehead atoms. The van der Waals surface area contributed by atoms with Crippen LogP contribution in [0.1, 0.15) is 38.5 Å². The van der Waals surface area contributed by atoms with E-state index in [2.05, 4.69) is 51.4 Å². The second-order valence-corrected chi connectivity index (χ2v) is 8.78. The highest BCUT2D eigenvalue weighted by atomic mass is 32.1. The molecule has 3 atom stereocenters. The van der Waals surface area contributed by atoms with Crippen LogP contribution in [0.25, 0.3) is 0 Å². The van der Waals surface area contributed by atoms with Gasteiger partial charge in [-0.2, -0.15) is 0 Å². The van der Waals surface area contributed by atoms with E-state index in [0.717, 1.165) is 39.5 Å². The van der Waals surface area contributed by atoms with Gasteiger partial charge in [0.2, 0.25) is 0 Å². The van der Waals surface area contributed by atoms with Crippen molar-refractivity contribution in [3.05, 3.63) is 0 Å². The first-order valence-electron chi connectivity index (χ1n) is 9.86. The van der Waals surface area contributed by atoms with Gasteiger partial charge in [-0.3, -0.25) is 14.1 Å². The number of methoxy groups -OCH3 is 3. The van der Waals surface area contributed by atoms with Gasteiger partial charge in [0.15, 0.2) is 0 Å². The summed E-state index contributed by atoms with van der Waals surface area (Å²) >= 11 is 12.8. The Morgan fingerprint density at radius 1 is 0.567 bits per heavy atom. The monoisotopic (exact) mass is 501 g/mol. The van der Waals surface area contributed by atoms with Crippen molar-refractivity contribution in [2.24, 2.45) is 0 Å². The Balaban J connectivity index is -0.000000347. The van der Waals surface area contributed by atoms with E-state index in [4.69, 9.17) is 14.2 Å². The molecule has 0 saturated carbocycles. The minimum absolute atomic E-state index is 0. The van der Waals surface area contributed by atoms with Crippen LogP contribution in [-0.4, -0.2) is 91.8 Å². The molecule has 0 unspecified atom stereocenters. The topological polar surface area (TPSA) is 37.4 Å². The van der Waals surface area contributed by atoms with Crippen molar-refractivity contribution < 1.29 is 28.3 Å². The summed E-state index contributed by atoms with van der Waals surface area (Å²) in [5.74, 6) is 0. The van der Waals surface area contributed by atoms with E-state index in [1.807, 2.05) is 0 Å². The van der Waals surface area contributed by atoms with Gasteiger partial charge in [0.05, 0.1) is 19.8 Å². The second-order valence-electron chi connectivity index (χ2n) is 7.24. The van der Waals surface area contributed by atoms with Gasteiger partial charge < -0.3 is 14.2 Å². The number of halogens is 3. The lowest BCUT2D eigenvalue weighted by molar-refractivity contribution is 0.153. The molecule has 0 N–H and O–H groups in total. The van der Waals surface area contributed by atoms with Gasteiger partial charge in [0.25, 0.3) is 0 Å². The highest BCUT2D eigenvalue weighted by Gasteiger charge is 2.22. The molecule has 0 amide bonds. The summed E-state index contributed by atoms with van der Waals surface area (Å²) in [6.45, 7) is 5.79. The van der Waals surface area contributed by atoms with Gasteiger partial charge in [-0.25, -0.2) is 12.9 Å². The molecule has 0 aromatic carbocycles. The molecule has 3 fully saturated rings. The third-order valence-corrected chi connectivity index (χ3v) is 6.70. The second kappa shape index (κ2) is 21.4. The SMILES string of the molecule is COC[C@@H]1CCCN1S.COC[C@@H]1CCCN1S.COC[C@@H]1CCCN1S.F.F.F. The van der Waals surface area contributed by atoms with Gasteiger partial charge in [-0.05, 0) is 38.5 Å². The number of hydrogen-bond donors (Lipinski definition) is 3. The van der Waals surface area contributed by atoms with Crippen molar-refractivity contribution >= 4 is 38.4 Å². The maximum Gasteiger partial charge on any atom is 0.0627 e. The highest BCUT2D eigenvalue weighted by Crippen LogP contribution is 2.19. The van der Waals surface area contributed by atoms with Gasteiger partial charge >= 0.3 is 0 Å². The molecule has 0 radical (unpaired) electrons. The zero-order valence-corrected chi connectivity index (χ0v) is 21.0. The molecule has 6 nitrogen and oxygen atoms in total. The lowest BCUT2D eigenvalue weighted by Crippen LogP contribution is -2.24. The molecule has 0 aromatic heterocycles. The van der Waals surface area contributed by atoms with Gasteiger partial charge in [0, 0.05) is 59.1 Å². The highest BCUT2D eigenvalue weighted by molar-refractivity contribution is 7.78. The first-order chi connectivity index (χ1) is 13.0. The van der Waals surface area contributed by atoms with Gasteiger partial charge in [-0.15, -0.1) is 0 Å². The average molecular weight is 502 g/mol. The lowest BCUT2D eigenvalue weighted by Gasteiger charge is -2.15. The van der Waals surface area contributed by atoms with Crippen LogP contribution in [0.3, 0.4) is 0 Å². The molecular weight excluding hydrogens is 459 g/mol. The lowest BCUT2D eigenvalue weighted by atomic mass is 10.2. The molecule has 3 heterocycles. The van der Waals surface area contributed by atoms with Gasteiger partial charge in [0.1, 0.15) is 0 Å². The summed E-state index contributed by atoms with van der Waals surface area (Å²) in [5.41, 5.74) is 0. The minimum atomic E-state index is 0. The number of thiol groups is 3. The fourth-order valence-electron chi connectivity index (χ4n) is 3.55. The Morgan fingerprint density at radius 2 is 0.800 bits per heavy atom. The molecule has 0 aromatic rings. The third-order valence-electron chi connectivity index (χ3n) is 5.12. The molecule has 0 aliphatic carbocycles. The summed E-state index contributed by atoms with van der Waals surface area (Å²) in [6.07, 6.45) is 7.48. The third kappa shape index (κ3) is 13.9. The predicted molar refractivity (Wildman–Crippen MR) is 129 cm³/mol. The van der Waals surface area contributed by atoms with Crippen molar-refractivity contribution in [1.82, 2.24) is 12.9 Å². The molecule has 0 spiro atoms. The van der Waals surface area contributed by atoms with Crippen LogP contribution in [0, 0.1) is 0 Å². The largest absolute Gasteiger partial charge is 0.383 e. The van der Waals surface area contributed by atoms with E-state index in [1.54, 1.807) is 21.3 Å². The standard InChI is InChI=1S/3C6H13NOS.3FH/c3*1-8-5-6-3-2-4-7(6)9;;;/h3*6,9H,2-5H2,1H3;3*1H/t3*6-;;;/m000.../s1.